The Balaban J connectivity index is 1.46. The summed E-state index contributed by atoms with van der Waals surface area (Å²) in [5, 5.41) is 3.01. The first-order valence-electron chi connectivity index (χ1n) is 11.9. The lowest BCUT2D eigenvalue weighted by atomic mass is 9.99. The number of likely N-dealkylation sites (tertiary alicyclic amines) is 1. The van der Waals surface area contributed by atoms with Gasteiger partial charge in [-0.1, -0.05) is 6.07 Å². The number of hydrogen-bond acceptors (Lipinski definition) is 8. The predicted octanol–water partition coefficient (Wildman–Crippen LogP) is 2.81. The van der Waals surface area contributed by atoms with Gasteiger partial charge in [-0.15, -0.1) is 0 Å². The zero-order chi connectivity index (χ0) is 25.0. The van der Waals surface area contributed by atoms with Gasteiger partial charge in [-0.05, 0) is 51.0 Å². The van der Waals surface area contributed by atoms with Crippen molar-refractivity contribution in [3.8, 4) is 5.88 Å². The summed E-state index contributed by atoms with van der Waals surface area (Å²) in [6, 6.07) is 9.58. The normalized spacial score (nSPS) is 19.4. The number of aromatic nitrogens is 1. The second kappa shape index (κ2) is 10.5. The second-order valence-electron chi connectivity index (χ2n) is 9.01. The van der Waals surface area contributed by atoms with E-state index in [0.717, 1.165) is 22.4 Å². The average molecular weight is 481 g/mol. The molecule has 186 valence electrons. The number of fused-ring (bicyclic) bond motifs is 1. The largest absolute Gasteiger partial charge is 0.475 e. The van der Waals surface area contributed by atoms with E-state index in [0.29, 0.717) is 44.2 Å². The molecule has 2 aromatic rings. The van der Waals surface area contributed by atoms with E-state index in [1.165, 1.54) is 7.11 Å². The Labute approximate surface area is 205 Å². The van der Waals surface area contributed by atoms with E-state index >= 15 is 0 Å². The number of carbonyl (C=O) groups excluding carboxylic acids is 2. The summed E-state index contributed by atoms with van der Waals surface area (Å²) < 4.78 is 16.3. The number of esters is 1. The lowest BCUT2D eigenvalue weighted by molar-refractivity contribution is -0.145. The number of anilines is 1. The van der Waals surface area contributed by atoms with Gasteiger partial charge in [0.2, 0.25) is 5.88 Å². The Kier molecular flexibility index (Phi) is 7.47. The number of amides is 1. The van der Waals surface area contributed by atoms with Crippen molar-refractivity contribution in [2.75, 3.05) is 38.7 Å². The van der Waals surface area contributed by atoms with E-state index in [1.54, 1.807) is 13.1 Å². The second-order valence-corrected chi connectivity index (χ2v) is 9.01. The number of aliphatic imine (C=N–C) groups is 1. The van der Waals surface area contributed by atoms with Gasteiger partial charge in [0, 0.05) is 49.3 Å². The molecule has 1 atom stereocenters. The summed E-state index contributed by atoms with van der Waals surface area (Å²) in [6.07, 6.45) is 2.30. The molecule has 2 aliphatic heterocycles. The van der Waals surface area contributed by atoms with Crippen molar-refractivity contribution in [3.63, 3.8) is 0 Å². The van der Waals surface area contributed by atoms with Gasteiger partial charge in [-0.3, -0.25) is 19.5 Å². The van der Waals surface area contributed by atoms with Crippen LogP contribution < -0.4 is 10.1 Å². The van der Waals surface area contributed by atoms with Gasteiger partial charge >= 0.3 is 5.97 Å². The molecule has 9 heteroatoms. The SMILES string of the molecule is CCOC(=O)CN1CC[C@@](OC)(C(=O)Nc2ccc3c(c2)C(c2ccc(OC(C)C)nc2)=NC3)C1. The molecule has 9 nitrogen and oxygen atoms in total. The fraction of sp³-hybridized carbons (Fsp3) is 0.462. The van der Waals surface area contributed by atoms with Gasteiger partial charge in [0.1, 0.15) is 0 Å². The third-order valence-corrected chi connectivity index (χ3v) is 6.17. The van der Waals surface area contributed by atoms with Gasteiger partial charge in [0.25, 0.3) is 5.91 Å². The van der Waals surface area contributed by atoms with Crippen molar-refractivity contribution < 1.29 is 23.8 Å². The van der Waals surface area contributed by atoms with Crippen molar-refractivity contribution in [2.45, 2.75) is 45.4 Å². The molecule has 0 aliphatic carbocycles. The molecule has 1 aromatic heterocycles. The first-order valence-corrected chi connectivity index (χ1v) is 11.9. The molecule has 3 heterocycles. The molecule has 0 unspecified atom stereocenters. The monoisotopic (exact) mass is 480 g/mol. The maximum absolute atomic E-state index is 13.3. The highest BCUT2D eigenvalue weighted by molar-refractivity contribution is 6.15. The first kappa shape index (κ1) is 24.8. The third-order valence-electron chi connectivity index (χ3n) is 6.17. The molecule has 35 heavy (non-hydrogen) atoms. The number of hydrogen-bond donors (Lipinski definition) is 1. The lowest BCUT2D eigenvalue weighted by Crippen LogP contribution is -2.47. The maximum Gasteiger partial charge on any atom is 0.320 e. The van der Waals surface area contributed by atoms with Crippen LogP contribution >= 0.6 is 0 Å². The number of nitrogens with one attached hydrogen (secondary N) is 1. The Hall–Kier alpha value is -3.30. The highest BCUT2D eigenvalue weighted by Gasteiger charge is 2.45. The van der Waals surface area contributed by atoms with Crippen LogP contribution in [0.25, 0.3) is 0 Å². The maximum atomic E-state index is 13.3. The Morgan fingerprint density at radius 3 is 2.74 bits per heavy atom. The van der Waals surface area contributed by atoms with Crippen molar-refractivity contribution in [2.24, 2.45) is 4.99 Å². The molecule has 1 amide bonds. The number of pyridine rings is 1. The van der Waals surface area contributed by atoms with Crippen molar-refractivity contribution in [1.82, 2.24) is 9.88 Å². The fourth-order valence-corrected chi connectivity index (χ4v) is 4.41. The number of nitrogens with zero attached hydrogens (tertiary/aromatic N) is 3. The summed E-state index contributed by atoms with van der Waals surface area (Å²) >= 11 is 0. The Bertz CT molecular complexity index is 1120. The van der Waals surface area contributed by atoms with E-state index in [1.807, 2.05) is 49.1 Å². The fourth-order valence-electron chi connectivity index (χ4n) is 4.41. The number of carbonyl (C=O) groups is 2. The van der Waals surface area contributed by atoms with Crippen LogP contribution in [0.5, 0.6) is 5.88 Å². The molecule has 1 aromatic carbocycles. The minimum absolute atomic E-state index is 0.0524. The number of methoxy groups -OCH3 is 1. The van der Waals surface area contributed by atoms with Gasteiger partial charge < -0.3 is 19.5 Å². The van der Waals surface area contributed by atoms with Crippen LogP contribution in [0, 0.1) is 0 Å². The smallest absolute Gasteiger partial charge is 0.320 e. The van der Waals surface area contributed by atoms with Gasteiger partial charge in [0.05, 0.1) is 31.5 Å². The molecule has 0 saturated carbocycles. The summed E-state index contributed by atoms with van der Waals surface area (Å²) in [7, 11) is 1.53. The van der Waals surface area contributed by atoms with Gasteiger partial charge in [-0.2, -0.15) is 0 Å². The molecular weight excluding hydrogens is 448 g/mol. The first-order chi connectivity index (χ1) is 16.8. The molecular formula is C26H32N4O5. The van der Waals surface area contributed by atoms with Crippen molar-refractivity contribution in [3.05, 3.63) is 53.2 Å². The molecule has 2 aliphatic rings. The van der Waals surface area contributed by atoms with E-state index in [9.17, 15) is 9.59 Å². The predicted molar refractivity (Wildman–Crippen MR) is 132 cm³/mol. The molecule has 1 fully saturated rings. The van der Waals surface area contributed by atoms with Crippen molar-refractivity contribution in [1.29, 1.82) is 0 Å². The summed E-state index contributed by atoms with van der Waals surface area (Å²) in [5.41, 5.74) is 3.41. The van der Waals surface area contributed by atoms with Gasteiger partial charge in [-0.25, -0.2) is 4.98 Å². The van der Waals surface area contributed by atoms with E-state index in [4.69, 9.17) is 19.2 Å². The standard InChI is InChI=1S/C26H32N4O5/c1-5-34-23(31)15-30-11-10-26(16-30,33-4)25(32)29-20-8-6-18-13-28-24(21(18)12-20)19-7-9-22(27-14-19)35-17(2)3/h6-9,12,14,17H,5,10-11,13,15-16H2,1-4H3,(H,29,32)/t26-/m0/s1. The van der Waals surface area contributed by atoms with Gasteiger partial charge in [0.15, 0.2) is 5.60 Å². The lowest BCUT2D eigenvalue weighted by Gasteiger charge is -2.26. The number of ether oxygens (including phenoxy) is 3. The highest BCUT2D eigenvalue weighted by atomic mass is 16.5. The Morgan fingerprint density at radius 2 is 2.06 bits per heavy atom. The average Bonchev–Trinajstić information content (AvgIpc) is 3.44. The molecule has 1 saturated heterocycles. The van der Waals surface area contributed by atoms with Crippen LogP contribution in [-0.2, 0) is 25.6 Å². The van der Waals surface area contributed by atoms with Crippen molar-refractivity contribution >= 4 is 23.3 Å². The van der Waals surface area contributed by atoms with Crippen LogP contribution in [0.1, 0.15) is 43.9 Å². The minimum Gasteiger partial charge on any atom is -0.475 e. The Morgan fingerprint density at radius 1 is 1.23 bits per heavy atom. The summed E-state index contributed by atoms with van der Waals surface area (Å²) in [4.78, 5) is 36.1. The van der Waals surface area contributed by atoms with E-state index in [2.05, 4.69) is 10.3 Å². The summed E-state index contributed by atoms with van der Waals surface area (Å²) in [5.74, 6) is 0.0326. The molecule has 0 spiro atoms. The zero-order valence-electron chi connectivity index (χ0n) is 20.7. The zero-order valence-corrected chi connectivity index (χ0v) is 20.7. The molecule has 0 bridgehead atoms. The summed E-state index contributed by atoms with van der Waals surface area (Å²) in [6.45, 7) is 7.63. The van der Waals surface area contributed by atoms with Crippen LogP contribution in [0.2, 0.25) is 0 Å². The third kappa shape index (κ3) is 5.52. The molecule has 0 radical (unpaired) electrons. The topological polar surface area (TPSA) is 102 Å². The molecule has 4 rings (SSSR count). The number of rotatable bonds is 9. The number of benzene rings is 1. The van der Waals surface area contributed by atoms with Crippen LogP contribution in [0.15, 0.2) is 41.5 Å². The quantitative estimate of drug-likeness (QED) is 0.551. The van der Waals surface area contributed by atoms with Crippen LogP contribution in [0.3, 0.4) is 0 Å². The molecule has 1 N–H and O–H groups in total. The minimum atomic E-state index is -1.03. The van der Waals surface area contributed by atoms with E-state index < -0.39 is 5.60 Å². The highest BCUT2D eigenvalue weighted by Crippen LogP contribution is 2.29. The van der Waals surface area contributed by atoms with E-state index in [-0.39, 0.29) is 24.5 Å². The van der Waals surface area contributed by atoms with Crippen LogP contribution in [-0.4, -0.2) is 72.5 Å². The van der Waals surface area contributed by atoms with Crippen LogP contribution in [0.4, 0.5) is 5.69 Å².